The molecule has 1 atom stereocenters. The number of piperazine rings is 1. The minimum atomic E-state index is -0.0568. The number of likely N-dealkylation sites (tertiary alicyclic amines) is 1. The molecule has 2 saturated heterocycles. The van der Waals surface area contributed by atoms with Crippen molar-refractivity contribution in [2.45, 2.75) is 32.6 Å². The molecule has 0 bridgehead atoms. The van der Waals surface area contributed by atoms with Crippen LogP contribution in [0.5, 0.6) is 0 Å². The van der Waals surface area contributed by atoms with E-state index in [0.29, 0.717) is 19.5 Å². The molecule has 1 N–H and O–H groups in total. The minimum Gasteiger partial charge on any atom is -0.356 e. The number of anilines is 1. The van der Waals surface area contributed by atoms with Crippen LogP contribution in [0.3, 0.4) is 0 Å². The molecule has 0 spiro atoms. The maximum Gasteiger partial charge on any atom is 0.225 e. The second kappa shape index (κ2) is 10.4. The third-order valence-electron chi connectivity index (χ3n) is 5.60. The van der Waals surface area contributed by atoms with E-state index in [1.165, 1.54) is 0 Å². The second-order valence-electron chi connectivity index (χ2n) is 7.55. The molecule has 1 aromatic rings. The molecule has 0 aliphatic carbocycles. The van der Waals surface area contributed by atoms with Crippen molar-refractivity contribution in [3.8, 4) is 0 Å². The summed E-state index contributed by atoms with van der Waals surface area (Å²) in [7, 11) is 0. The molecular weight excluding hydrogens is 356 g/mol. The number of amides is 2. The Hall–Kier alpha value is -2.22. The van der Waals surface area contributed by atoms with E-state index in [1.807, 2.05) is 17.9 Å². The van der Waals surface area contributed by atoms with E-state index in [2.05, 4.69) is 25.1 Å². The lowest BCUT2D eigenvalue weighted by molar-refractivity contribution is -0.135. The van der Waals surface area contributed by atoms with Crippen LogP contribution in [0.15, 0.2) is 18.5 Å². The van der Waals surface area contributed by atoms with Crippen LogP contribution in [0.2, 0.25) is 0 Å². The fourth-order valence-electron chi connectivity index (χ4n) is 3.93. The van der Waals surface area contributed by atoms with Gasteiger partial charge in [0.05, 0.1) is 5.92 Å². The van der Waals surface area contributed by atoms with E-state index in [4.69, 9.17) is 0 Å². The summed E-state index contributed by atoms with van der Waals surface area (Å²) in [4.78, 5) is 39.4. The van der Waals surface area contributed by atoms with E-state index in [9.17, 15) is 9.59 Å². The Bertz CT molecular complexity index is 633. The summed E-state index contributed by atoms with van der Waals surface area (Å²) >= 11 is 0. The molecule has 0 aromatic carbocycles. The first kappa shape index (κ1) is 20.5. The summed E-state index contributed by atoms with van der Waals surface area (Å²) in [6.45, 7) is 8.75. The molecule has 0 radical (unpaired) electrons. The molecule has 154 valence electrons. The van der Waals surface area contributed by atoms with Crippen molar-refractivity contribution >= 4 is 17.8 Å². The highest BCUT2D eigenvalue weighted by atomic mass is 16.2. The van der Waals surface area contributed by atoms with Crippen molar-refractivity contribution in [1.82, 2.24) is 25.1 Å². The molecule has 3 rings (SSSR count). The maximum atomic E-state index is 12.4. The third-order valence-corrected chi connectivity index (χ3v) is 5.60. The lowest BCUT2D eigenvalue weighted by Crippen LogP contribution is -2.48. The van der Waals surface area contributed by atoms with Gasteiger partial charge in [0.15, 0.2) is 0 Å². The number of aromatic nitrogens is 2. The van der Waals surface area contributed by atoms with Gasteiger partial charge in [-0.15, -0.1) is 0 Å². The van der Waals surface area contributed by atoms with E-state index in [0.717, 1.165) is 64.5 Å². The maximum absolute atomic E-state index is 12.4. The van der Waals surface area contributed by atoms with Crippen LogP contribution < -0.4 is 10.2 Å². The Balaban J connectivity index is 1.31. The Morgan fingerprint density at radius 1 is 1.14 bits per heavy atom. The van der Waals surface area contributed by atoms with Gasteiger partial charge in [0, 0.05) is 64.6 Å². The molecule has 28 heavy (non-hydrogen) atoms. The first-order chi connectivity index (χ1) is 13.7. The largest absolute Gasteiger partial charge is 0.356 e. The third kappa shape index (κ3) is 5.64. The van der Waals surface area contributed by atoms with Crippen molar-refractivity contribution < 1.29 is 9.59 Å². The quantitative estimate of drug-likeness (QED) is 0.695. The SMILES string of the molecule is CCC(=O)N1CCCC(C(=O)NCCCN2CCN(c3ncccn3)CC2)C1. The van der Waals surface area contributed by atoms with E-state index in [-0.39, 0.29) is 17.7 Å². The van der Waals surface area contributed by atoms with Gasteiger partial charge in [-0.25, -0.2) is 9.97 Å². The van der Waals surface area contributed by atoms with Gasteiger partial charge in [0.25, 0.3) is 0 Å². The summed E-state index contributed by atoms with van der Waals surface area (Å²) in [6, 6.07) is 1.83. The van der Waals surface area contributed by atoms with Crippen molar-refractivity contribution in [3.63, 3.8) is 0 Å². The van der Waals surface area contributed by atoms with Gasteiger partial charge in [-0.05, 0) is 31.9 Å². The number of hydrogen-bond acceptors (Lipinski definition) is 6. The number of piperidine rings is 1. The Kier molecular flexibility index (Phi) is 7.59. The molecule has 2 aliphatic rings. The molecular formula is C20H32N6O2. The van der Waals surface area contributed by atoms with Crippen LogP contribution in [-0.2, 0) is 9.59 Å². The number of rotatable bonds is 7. The average Bonchev–Trinajstić information content (AvgIpc) is 2.77. The van der Waals surface area contributed by atoms with Crippen LogP contribution in [0, 0.1) is 5.92 Å². The van der Waals surface area contributed by atoms with Crippen molar-refractivity contribution in [3.05, 3.63) is 18.5 Å². The van der Waals surface area contributed by atoms with E-state index < -0.39 is 0 Å². The zero-order valence-electron chi connectivity index (χ0n) is 16.8. The number of nitrogens with one attached hydrogen (secondary N) is 1. The number of nitrogens with zero attached hydrogens (tertiary/aromatic N) is 5. The summed E-state index contributed by atoms with van der Waals surface area (Å²) in [5.74, 6) is 0.994. The van der Waals surface area contributed by atoms with Crippen molar-refractivity contribution in [1.29, 1.82) is 0 Å². The van der Waals surface area contributed by atoms with Gasteiger partial charge in [-0.2, -0.15) is 0 Å². The van der Waals surface area contributed by atoms with Crippen LogP contribution in [0.25, 0.3) is 0 Å². The average molecular weight is 389 g/mol. The molecule has 1 aromatic heterocycles. The molecule has 8 nitrogen and oxygen atoms in total. The first-order valence-electron chi connectivity index (χ1n) is 10.5. The number of hydrogen-bond donors (Lipinski definition) is 1. The summed E-state index contributed by atoms with van der Waals surface area (Å²) in [5.41, 5.74) is 0. The molecule has 3 heterocycles. The van der Waals surface area contributed by atoms with Crippen LogP contribution >= 0.6 is 0 Å². The highest BCUT2D eigenvalue weighted by Gasteiger charge is 2.27. The minimum absolute atomic E-state index is 0.0568. The zero-order valence-corrected chi connectivity index (χ0v) is 16.8. The molecule has 1 unspecified atom stereocenters. The van der Waals surface area contributed by atoms with Gasteiger partial charge >= 0.3 is 0 Å². The first-order valence-corrected chi connectivity index (χ1v) is 10.5. The van der Waals surface area contributed by atoms with E-state index >= 15 is 0 Å². The molecule has 2 fully saturated rings. The van der Waals surface area contributed by atoms with E-state index in [1.54, 1.807) is 12.4 Å². The Morgan fingerprint density at radius 3 is 2.61 bits per heavy atom. The zero-order chi connectivity index (χ0) is 19.8. The summed E-state index contributed by atoms with van der Waals surface area (Å²) in [6.07, 6.45) is 6.81. The van der Waals surface area contributed by atoms with Gasteiger partial charge < -0.3 is 15.1 Å². The van der Waals surface area contributed by atoms with Crippen LogP contribution in [0.4, 0.5) is 5.95 Å². The standard InChI is InChI=1S/C20H32N6O2/c1-2-18(27)26-11-3-6-17(16-26)19(28)21-9-5-10-24-12-14-25(15-13-24)20-22-7-4-8-23-20/h4,7-8,17H,2-3,5-6,9-16H2,1H3,(H,21,28). The van der Waals surface area contributed by atoms with Gasteiger partial charge in [-0.3, -0.25) is 14.5 Å². The fraction of sp³-hybridized carbons (Fsp3) is 0.700. The highest BCUT2D eigenvalue weighted by molar-refractivity contribution is 5.81. The molecule has 2 aliphatic heterocycles. The topological polar surface area (TPSA) is 81.7 Å². The molecule has 2 amide bonds. The Labute approximate surface area is 167 Å². The summed E-state index contributed by atoms with van der Waals surface area (Å²) < 4.78 is 0. The van der Waals surface area contributed by atoms with Gasteiger partial charge in [0.2, 0.25) is 17.8 Å². The van der Waals surface area contributed by atoms with Crippen molar-refractivity contribution in [2.75, 3.05) is 57.3 Å². The number of carbonyl (C=O) groups excluding carboxylic acids is 2. The number of carbonyl (C=O) groups is 2. The van der Waals surface area contributed by atoms with Crippen LogP contribution in [0.1, 0.15) is 32.6 Å². The van der Waals surface area contributed by atoms with Gasteiger partial charge in [0.1, 0.15) is 0 Å². The highest BCUT2D eigenvalue weighted by Crippen LogP contribution is 2.17. The predicted molar refractivity (Wildman–Crippen MR) is 108 cm³/mol. The predicted octanol–water partition coefficient (Wildman–Crippen LogP) is 0.754. The summed E-state index contributed by atoms with van der Waals surface area (Å²) in [5, 5.41) is 3.07. The lowest BCUT2D eigenvalue weighted by Gasteiger charge is -2.34. The fourth-order valence-corrected chi connectivity index (χ4v) is 3.93. The molecule has 8 heteroatoms. The van der Waals surface area contributed by atoms with Crippen LogP contribution in [-0.4, -0.2) is 83.9 Å². The smallest absolute Gasteiger partial charge is 0.225 e. The Morgan fingerprint density at radius 2 is 1.89 bits per heavy atom. The lowest BCUT2D eigenvalue weighted by atomic mass is 9.97. The monoisotopic (exact) mass is 388 g/mol. The van der Waals surface area contributed by atoms with Gasteiger partial charge in [-0.1, -0.05) is 6.92 Å². The molecule has 0 saturated carbocycles. The van der Waals surface area contributed by atoms with Crippen molar-refractivity contribution in [2.24, 2.45) is 5.92 Å². The second-order valence-corrected chi connectivity index (χ2v) is 7.55. The normalized spacial score (nSPS) is 20.8.